The molecular weight excluding hydrogens is 358 g/mol. The van der Waals surface area contributed by atoms with Gasteiger partial charge in [-0.15, -0.1) is 11.3 Å². The van der Waals surface area contributed by atoms with Crippen LogP contribution in [0.15, 0.2) is 12.1 Å². The van der Waals surface area contributed by atoms with Crippen LogP contribution in [0.3, 0.4) is 0 Å². The van der Waals surface area contributed by atoms with Gasteiger partial charge >= 0.3 is 0 Å². The van der Waals surface area contributed by atoms with Crippen LogP contribution in [0.2, 0.25) is 4.34 Å². The lowest BCUT2D eigenvalue weighted by Crippen LogP contribution is -2.49. The number of nitrogens with zero attached hydrogens (tertiary/aromatic N) is 2. The number of piperidine rings is 1. The third-order valence-corrected chi connectivity index (χ3v) is 6.97. The minimum Gasteiger partial charge on any atom is -0.478 e. The number of hydrogen-bond acceptors (Lipinski definition) is 5. The maximum absolute atomic E-state index is 6.42. The van der Waals surface area contributed by atoms with Crippen molar-refractivity contribution < 1.29 is 9.47 Å². The molecule has 2 aromatic rings. The molecule has 0 saturated carbocycles. The molecule has 0 unspecified atom stereocenters. The van der Waals surface area contributed by atoms with E-state index in [0.29, 0.717) is 6.04 Å². The van der Waals surface area contributed by atoms with Gasteiger partial charge in [0.25, 0.3) is 0 Å². The van der Waals surface area contributed by atoms with Crippen molar-refractivity contribution in [3.8, 4) is 5.88 Å². The van der Waals surface area contributed by atoms with Gasteiger partial charge in [0.1, 0.15) is 5.60 Å². The number of nitrogens with one attached hydrogen (secondary N) is 1. The third kappa shape index (κ3) is 2.70. The molecule has 1 spiro atoms. The fourth-order valence-electron chi connectivity index (χ4n) is 4.51. The molecule has 0 amide bonds. The Labute approximate surface area is 156 Å². The fourth-order valence-corrected chi connectivity index (χ4v) is 5.97. The summed E-state index contributed by atoms with van der Waals surface area (Å²) in [5.74, 6) is 0.889. The highest BCUT2D eigenvalue weighted by Gasteiger charge is 2.46. The molecule has 1 saturated heterocycles. The van der Waals surface area contributed by atoms with Gasteiger partial charge in [-0.2, -0.15) is 5.10 Å². The maximum Gasteiger partial charge on any atom is 0.212 e. The molecule has 1 fully saturated rings. The molecule has 0 bridgehead atoms. The van der Waals surface area contributed by atoms with E-state index in [1.165, 1.54) is 10.4 Å². The van der Waals surface area contributed by atoms with Gasteiger partial charge < -0.3 is 14.8 Å². The van der Waals surface area contributed by atoms with E-state index in [9.17, 15) is 0 Å². The number of hydrogen-bond donors (Lipinski definition) is 1. The molecule has 2 aromatic heterocycles. The molecule has 3 aliphatic rings. The number of ether oxygens (including phenoxy) is 2. The highest BCUT2D eigenvalue weighted by molar-refractivity contribution is 7.16. The van der Waals surface area contributed by atoms with Crippen LogP contribution < -0.4 is 10.1 Å². The van der Waals surface area contributed by atoms with Gasteiger partial charge in [0.2, 0.25) is 5.88 Å². The van der Waals surface area contributed by atoms with Crippen LogP contribution in [-0.2, 0) is 23.3 Å². The second-order valence-electron chi connectivity index (χ2n) is 7.36. The molecule has 5 nitrogen and oxygen atoms in total. The number of aryl methyl sites for hydroxylation is 1. The zero-order valence-electron chi connectivity index (χ0n) is 14.3. The fraction of sp³-hybridized carbons (Fsp3) is 0.611. The zero-order valence-corrected chi connectivity index (χ0v) is 15.8. The number of halogens is 1. The van der Waals surface area contributed by atoms with Crippen LogP contribution in [0.5, 0.6) is 5.88 Å². The van der Waals surface area contributed by atoms with E-state index in [-0.39, 0.29) is 11.6 Å². The molecule has 5 heterocycles. The second-order valence-corrected chi connectivity index (χ2v) is 9.04. The first-order valence-corrected chi connectivity index (χ1v) is 10.2. The van der Waals surface area contributed by atoms with Crippen molar-refractivity contribution in [3.63, 3.8) is 0 Å². The van der Waals surface area contributed by atoms with Crippen LogP contribution in [0.25, 0.3) is 0 Å². The first kappa shape index (κ1) is 16.1. The van der Waals surface area contributed by atoms with E-state index < -0.39 is 0 Å². The summed E-state index contributed by atoms with van der Waals surface area (Å²) in [6, 6.07) is 4.73. The standard InChI is InChI=1S/C18H22ClN3O2S/c1-11-9-18(17-12(3-6-24-18)7-15(19)25-17)10-14(20-11)13-8-16-22(21-13)4-2-5-23-16/h7-8,11,14,20H,2-6,9-10H2,1H3/t11-,14-,18-/m0/s1. The van der Waals surface area contributed by atoms with Gasteiger partial charge in [-0.05, 0) is 31.4 Å². The van der Waals surface area contributed by atoms with E-state index in [1.54, 1.807) is 11.3 Å². The number of rotatable bonds is 1. The van der Waals surface area contributed by atoms with Crippen molar-refractivity contribution in [3.05, 3.63) is 32.6 Å². The lowest BCUT2D eigenvalue weighted by Gasteiger charge is -2.45. The zero-order chi connectivity index (χ0) is 17.0. The largest absolute Gasteiger partial charge is 0.478 e. The van der Waals surface area contributed by atoms with Crippen molar-refractivity contribution in [2.24, 2.45) is 0 Å². The normalized spacial score (nSPS) is 31.4. The summed E-state index contributed by atoms with van der Waals surface area (Å²) in [5, 5.41) is 8.51. The predicted molar refractivity (Wildman–Crippen MR) is 97.6 cm³/mol. The summed E-state index contributed by atoms with van der Waals surface area (Å²) in [4.78, 5) is 1.32. The van der Waals surface area contributed by atoms with Gasteiger partial charge in [-0.25, -0.2) is 4.68 Å². The molecule has 3 aliphatic heterocycles. The van der Waals surface area contributed by atoms with Gasteiger partial charge in [-0.1, -0.05) is 11.6 Å². The highest BCUT2D eigenvalue weighted by atomic mass is 35.5. The van der Waals surface area contributed by atoms with E-state index in [0.717, 1.165) is 61.4 Å². The molecule has 3 atom stereocenters. The third-order valence-electron chi connectivity index (χ3n) is 5.48. The smallest absolute Gasteiger partial charge is 0.212 e. The molecular formula is C18H22ClN3O2S. The molecule has 25 heavy (non-hydrogen) atoms. The van der Waals surface area contributed by atoms with E-state index >= 15 is 0 Å². The lowest BCUT2D eigenvalue weighted by atomic mass is 9.79. The molecule has 0 aliphatic carbocycles. The number of thiophene rings is 1. The molecule has 5 rings (SSSR count). The van der Waals surface area contributed by atoms with Crippen molar-refractivity contribution >= 4 is 22.9 Å². The van der Waals surface area contributed by atoms with Gasteiger partial charge in [-0.3, -0.25) is 0 Å². The molecule has 1 N–H and O–H groups in total. The Morgan fingerprint density at radius 3 is 3.16 bits per heavy atom. The van der Waals surface area contributed by atoms with E-state index in [2.05, 4.69) is 24.4 Å². The second kappa shape index (κ2) is 5.98. The van der Waals surface area contributed by atoms with Crippen molar-refractivity contribution in [1.29, 1.82) is 0 Å². The number of aromatic nitrogens is 2. The van der Waals surface area contributed by atoms with Gasteiger partial charge in [0.05, 0.1) is 29.3 Å². The first-order valence-electron chi connectivity index (χ1n) is 9.02. The Hall–Kier alpha value is -1.08. The van der Waals surface area contributed by atoms with Crippen molar-refractivity contribution in [2.45, 2.75) is 56.8 Å². The minimum absolute atomic E-state index is 0.164. The number of fused-ring (bicyclic) bond motifs is 3. The molecule has 7 heteroatoms. The maximum atomic E-state index is 6.42. The molecule has 134 valence electrons. The van der Waals surface area contributed by atoms with Crippen LogP contribution >= 0.6 is 22.9 Å². The SMILES string of the molecule is C[C@H]1C[C@@]2(C[C@@H](c3cc4n(n3)CCCO4)N1)OCCc1cc(Cl)sc12. The average Bonchev–Trinajstić information content (AvgIpc) is 3.18. The van der Waals surface area contributed by atoms with Crippen LogP contribution in [0.4, 0.5) is 0 Å². The van der Waals surface area contributed by atoms with Crippen LogP contribution in [0, 0.1) is 0 Å². The Morgan fingerprint density at radius 2 is 2.28 bits per heavy atom. The Balaban J connectivity index is 1.50. The summed E-state index contributed by atoms with van der Waals surface area (Å²) in [7, 11) is 0. The average molecular weight is 380 g/mol. The van der Waals surface area contributed by atoms with Crippen molar-refractivity contribution in [1.82, 2.24) is 15.1 Å². The predicted octanol–water partition coefficient (Wildman–Crippen LogP) is 3.66. The quantitative estimate of drug-likeness (QED) is 0.821. The van der Waals surface area contributed by atoms with E-state index in [1.807, 2.05) is 4.68 Å². The Morgan fingerprint density at radius 1 is 1.36 bits per heavy atom. The first-order chi connectivity index (χ1) is 12.1. The van der Waals surface area contributed by atoms with Gasteiger partial charge in [0.15, 0.2) is 0 Å². The Bertz CT molecular complexity index is 781. The summed E-state index contributed by atoms with van der Waals surface area (Å²) >= 11 is 8.01. The summed E-state index contributed by atoms with van der Waals surface area (Å²) in [6.07, 6.45) is 3.83. The molecule has 0 radical (unpaired) electrons. The van der Waals surface area contributed by atoms with Crippen molar-refractivity contribution in [2.75, 3.05) is 13.2 Å². The lowest BCUT2D eigenvalue weighted by molar-refractivity contribution is -0.0958. The summed E-state index contributed by atoms with van der Waals surface area (Å²) < 4.78 is 15.0. The molecule has 0 aromatic carbocycles. The summed E-state index contributed by atoms with van der Waals surface area (Å²) in [6.45, 7) is 4.71. The summed E-state index contributed by atoms with van der Waals surface area (Å²) in [5.41, 5.74) is 2.17. The van der Waals surface area contributed by atoms with Crippen LogP contribution in [-0.4, -0.2) is 29.0 Å². The van der Waals surface area contributed by atoms with Gasteiger partial charge in [0, 0.05) is 36.4 Å². The monoisotopic (exact) mass is 379 g/mol. The van der Waals surface area contributed by atoms with Crippen LogP contribution in [0.1, 0.15) is 48.4 Å². The topological polar surface area (TPSA) is 48.3 Å². The highest BCUT2D eigenvalue weighted by Crippen LogP contribution is 2.50. The van der Waals surface area contributed by atoms with E-state index in [4.69, 9.17) is 26.2 Å². The Kier molecular flexibility index (Phi) is 3.85. The minimum atomic E-state index is -0.244.